The molecule has 1 amide bonds. The first-order chi connectivity index (χ1) is 13.1. The number of hydrogen-bond acceptors (Lipinski definition) is 4. The number of carbonyl (C=O) groups is 2. The van der Waals surface area contributed by atoms with Crippen molar-refractivity contribution in [2.75, 3.05) is 13.2 Å². The van der Waals surface area contributed by atoms with Crippen molar-refractivity contribution in [2.24, 2.45) is 0 Å². The second kappa shape index (κ2) is 8.49. The fourth-order valence-electron chi connectivity index (χ4n) is 2.92. The second-order valence-corrected chi connectivity index (χ2v) is 6.28. The van der Waals surface area contributed by atoms with Crippen LogP contribution in [0.4, 0.5) is 0 Å². The van der Waals surface area contributed by atoms with Crippen LogP contribution in [0.25, 0.3) is 11.0 Å². The van der Waals surface area contributed by atoms with E-state index in [0.29, 0.717) is 25.1 Å². The maximum atomic E-state index is 12.3. The standard InChI is InChI=1S/C21H23N3O3/c1-3-27-20(25)14-24-18-7-5-4-6-17(18)23-19(24)12-13-22-21(26)16-10-8-15(2)9-11-16/h4-11H,3,12-14H2,1-2H3,(H,22,26). The Kier molecular flexibility index (Phi) is 5.86. The van der Waals surface area contributed by atoms with Gasteiger partial charge in [0.1, 0.15) is 12.4 Å². The molecule has 1 heterocycles. The predicted octanol–water partition coefficient (Wildman–Crippen LogP) is 2.88. The van der Waals surface area contributed by atoms with Crippen molar-refractivity contribution in [3.05, 3.63) is 65.5 Å². The monoisotopic (exact) mass is 365 g/mol. The van der Waals surface area contributed by atoms with Gasteiger partial charge >= 0.3 is 5.97 Å². The van der Waals surface area contributed by atoms with E-state index < -0.39 is 0 Å². The molecule has 27 heavy (non-hydrogen) atoms. The number of nitrogens with zero attached hydrogens (tertiary/aromatic N) is 2. The molecular weight excluding hydrogens is 342 g/mol. The van der Waals surface area contributed by atoms with E-state index in [9.17, 15) is 9.59 Å². The normalized spacial score (nSPS) is 10.7. The number of aryl methyl sites for hydroxylation is 1. The fourth-order valence-corrected chi connectivity index (χ4v) is 2.92. The first-order valence-corrected chi connectivity index (χ1v) is 9.03. The molecule has 3 rings (SSSR count). The lowest BCUT2D eigenvalue weighted by atomic mass is 10.1. The van der Waals surface area contributed by atoms with Crippen LogP contribution in [0.1, 0.15) is 28.7 Å². The maximum Gasteiger partial charge on any atom is 0.326 e. The van der Waals surface area contributed by atoms with Crippen LogP contribution in [-0.4, -0.2) is 34.6 Å². The topological polar surface area (TPSA) is 73.2 Å². The van der Waals surface area contributed by atoms with Crippen molar-refractivity contribution in [1.82, 2.24) is 14.9 Å². The number of nitrogens with one attached hydrogen (secondary N) is 1. The van der Waals surface area contributed by atoms with Gasteiger partial charge in [-0.05, 0) is 38.1 Å². The Hall–Kier alpha value is -3.15. The second-order valence-electron chi connectivity index (χ2n) is 6.28. The van der Waals surface area contributed by atoms with E-state index in [0.717, 1.165) is 22.4 Å². The van der Waals surface area contributed by atoms with E-state index in [4.69, 9.17) is 4.74 Å². The molecule has 0 unspecified atom stereocenters. The summed E-state index contributed by atoms with van der Waals surface area (Å²) < 4.78 is 6.92. The summed E-state index contributed by atoms with van der Waals surface area (Å²) in [5.74, 6) is 0.321. The number of imidazole rings is 1. The molecule has 140 valence electrons. The molecule has 0 spiro atoms. The first kappa shape index (κ1) is 18.6. The van der Waals surface area contributed by atoms with Crippen LogP contribution in [0, 0.1) is 6.92 Å². The molecule has 0 aliphatic rings. The molecule has 0 saturated carbocycles. The number of ether oxygens (including phenoxy) is 1. The van der Waals surface area contributed by atoms with Gasteiger partial charge in [0.25, 0.3) is 5.91 Å². The van der Waals surface area contributed by atoms with Crippen LogP contribution in [0.3, 0.4) is 0 Å². The minimum absolute atomic E-state index is 0.107. The number of amides is 1. The largest absolute Gasteiger partial charge is 0.465 e. The zero-order chi connectivity index (χ0) is 19.2. The first-order valence-electron chi connectivity index (χ1n) is 9.03. The minimum Gasteiger partial charge on any atom is -0.465 e. The van der Waals surface area contributed by atoms with Gasteiger partial charge in [-0.3, -0.25) is 9.59 Å². The van der Waals surface area contributed by atoms with E-state index >= 15 is 0 Å². The fraction of sp³-hybridized carbons (Fsp3) is 0.286. The Morgan fingerprint density at radius 1 is 1.11 bits per heavy atom. The summed E-state index contributed by atoms with van der Waals surface area (Å²) in [4.78, 5) is 28.8. The van der Waals surface area contributed by atoms with Gasteiger partial charge in [0, 0.05) is 18.5 Å². The van der Waals surface area contributed by atoms with Gasteiger partial charge in [-0.15, -0.1) is 0 Å². The number of hydrogen-bond donors (Lipinski definition) is 1. The van der Waals surface area contributed by atoms with Gasteiger partial charge in [-0.25, -0.2) is 4.98 Å². The van der Waals surface area contributed by atoms with Crippen molar-refractivity contribution < 1.29 is 14.3 Å². The molecular formula is C21H23N3O3. The number of esters is 1. The SMILES string of the molecule is CCOC(=O)Cn1c(CCNC(=O)c2ccc(C)cc2)nc2ccccc21. The van der Waals surface area contributed by atoms with Crippen molar-refractivity contribution >= 4 is 22.9 Å². The number of aromatic nitrogens is 2. The molecule has 0 bridgehead atoms. The quantitative estimate of drug-likeness (QED) is 0.654. The van der Waals surface area contributed by atoms with Crippen LogP contribution in [0.15, 0.2) is 48.5 Å². The molecule has 6 heteroatoms. The van der Waals surface area contributed by atoms with Crippen LogP contribution < -0.4 is 5.32 Å². The van der Waals surface area contributed by atoms with Crippen LogP contribution >= 0.6 is 0 Å². The summed E-state index contributed by atoms with van der Waals surface area (Å²) in [6, 6.07) is 15.1. The van der Waals surface area contributed by atoms with Gasteiger partial charge in [0.05, 0.1) is 17.6 Å². The lowest BCUT2D eigenvalue weighted by Gasteiger charge is -2.09. The summed E-state index contributed by atoms with van der Waals surface area (Å²) >= 11 is 0. The summed E-state index contributed by atoms with van der Waals surface area (Å²) in [6.45, 7) is 4.64. The van der Waals surface area contributed by atoms with E-state index in [2.05, 4.69) is 10.3 Å². The third-order valence-corrected chi connectivity index (χ3v) is 4.27. The highest BCUT2D eigenvalue weighted by molar-refractivity contribution is 5.94. The highest BCUT2D eigenvalue weighted by Gasteiger charge is 2.14. The Balaban J connectivity index is 1.71. The smallest absolute Gasteiger partial charge is 0.326 e. The molecule has 6 nitrogen and oxygen atoms in total. The summed E-state index contributed by atoms with van der Waals surface area (Å²) in [5.41, 5.74) is 3.44. The van der Waals surface area contributed by atoms with Crippen molar-refractivity contribution in [3.63, 3.8) is 0 Å². The Labute approximate surface area is 158 Å². The average molecular weight is 365 g/mol. The third-order valence-electron chi connectivity index (χ3n) is 4.27. The number of fused-ring (bicyclic) bond motifs is 1. The summed E-state index contributed by atoms with van der Waals surface area (Å²) in [7, 11) is 0. The lowest BCUT2D eigenvalue weighted by Crippen LogP contribution is -2.27. The minimum atomic E-state index is -0.300. The highest BCUT2D eigenvalue weighted by atomic mass is 16.5. The van der Waals surface area contributed by atoms with Gasteiger partial charge < -0.3 is 14.6 Å². The predicted molar refractivity (Wildman–Crippen MR) is 104 cm³/mol. The number of benzene rings is 2. The lowest BCUT2D eigenvalue weighted by molar-refractivity contribution is -0.143. The molecule has 2 aromatic carbocycles. The van der Waals surface area contributed by atoms with Crippen LogP contribution in [-0.2, 0) is 22.5 Å². The Bertz CT molecular complexity index is 945. The molecule has 0 aliphatic heterocycles. The van der Waals surface area contributed by atoms with Crippen LogP contribution in [0.2, 0.25) is 0 Å². The molecule has 0 aliphatic carbocycles. The molecule has 0 saturated heterocycles. The maximum absolute atomic E-state index is 12.3. The number of para-hydroxylation sites is 2. The Morgan fingerprint density at radius 2 is 1.85 bits per heavy atom. The van der Waals surface area contributed by atoms with E-state index in [1.807, 2.05) is 47.9 Å². The molecule has 0 radical (unpaired) electrons. The Morgan fingerprint density at radius 3 is 2.59 bits per heavy atom. The summed E-state index contributed by atoms with van der Waals surface area (Å²) in [5, 5.41) is 2.91. The van der Waals surface area contributed by atoms with Gasteiger partial charge in [-0.2, -0.15) is 0 Å². The van der Waals surface area contributed by atoms with E-state index in [-0.39, 0.29) is 18.4 Å². The van der Waals surface area contributed by atoms with Crippen molar-refractivity contribution in [2.45, 2.75) is 26.8 Å². The van der Waals surface area contributed by atoms with Gasteiger partial charge in [-0.1, -0.05) is 29.8 Å². The van der Waals surface area contributed by atoms with Gasteiger partial charge in [0.15, 0.2) is 0 Å². The molecule has 1 aromatic heterocycles. The summed E-state index contributed by atoms with van der Waals surface area (Å²) in [6.07, 6.45) is 0.520. The van der Waals surface area contributed by atoms with Crippen LogP contribution in [0.5, 0.6) is 0 Å². The van der Waals surface area contributed by atoms with E-state index in [1.54, 1.807) is 19.1 Å². The molecule has 0 atom stereocenters. The highest BCUT2D eigenvalue weighted by Crippen LogP contribution is 2.16. The average Bonchev–Trinajstić information content (AvgIpc) is 3.00. The van der Waals surface area contributed by atoms with Gasteiger partial charge in [0.2, 0.25) is 0 Å². The van der Waals surface area contributed by atoms with Crippen molar-refractivity contribution in [3.8, 4) is 0 Å². The zero-order valence-electron chi connectivity index (χ0n) is 15.6. The molecule has 3 aromatic rings. The zero-order valence-corrected chi connectivity index (χ0v) is 15.6. The number of rotatable bonds is 7. The van der Waals surface area contributed by atoms with Crippen molar-refractivity contribution in [1.29, 1.82) is 0 Å². The number of carbonyl (C=O) groups excluding carboxylic acids is 2. The molecule has 1 N–H and O–H groups in total. The third kappa shape index (κ3) is 4.53. The molecule has 0 fully saturated rings. The van der Waals surface area contributed by atoms with E-state index in [1.165, 1.54) is 0 Å².